The van der Waals surface area contributed by atoms with Crippen molar-refractivity contribution in [3.63, 3.8) is 0 Å². The zero-order valence-corrected chi connectivity index (χ0v) is 9.64. The summed E-state index contributed by atoms with van der Waals surface area (Å²) in [6.07, 6.45) is 2.51. The van der Waals surface area contributed by atoms with E-state index in [4.69, 9.17) is 5.73 Å². The largest absolute Gasteiger partial charge is 0.398 e. The third-order valence-electron chi connectivity index (χ3n) is 3.43. The van der Waals surface area contributed by atoms with Crippen molar-refractivity contribution in [3.05, 3.63) is 28.8 Å². The molecule has 2 heteroatoms. The first-order valence-corrected chi connectivity index (χ1v) is 5.76. The Morgan fingerprint density at radius 2 is 1.67 bits per heavy atom. The van der Waals surface area contributed by atoms with Gasteiger partial charge in [0.1, 0.15) is 0 Å². The van der Waals surface area contributed by atoms with Crippen LogP contribution in [0.15, 0.2) is 12.1 Å². The van der Waals surface area contributed by atoms with Crippen molar-refractivity contribution in [1.82, 2.24) is 5.32 Å². The number of nitrogen functional groups attached to an aromatic ring is 1. The minimum Gasteiger partial charge on any atom is -0.398 e. The first kappa shape index (κ1) is 10.5. The number of nitrogens with one attached hydrogen (secondary N) is 1. The van der Waals surface area contributed by atoms with Crippen molar-refractivity contribution in [2.24, 2.45) is 0 Å². The number of nitrogens with two attached hydrogens (primary N) is 1. The molecule has 1 aromatic rings. The van der Waals surface area contributed by atoms with Gasteiger partial charge in [-0.05, 0) is 62.4 Å². The van der Waals surface area contributed by atoms with Crippen molar-refractivity contribution in [2.75, 3.05) is 18.8 Å². The van der Waals surface area contributed by atoms with Gasteiger partial charge in [-0.3, -0.25) is 0 Å². The molecule has 1 saturated heterocycles. The zero-order valence-electron chi connectivity index (χ0n) is 9.64. The molecule has 0 aliphatic carbocycles. The maximum Gasteiger partial charge on any atom is 0.0373 e. The molecule has 2 rings (SSSR count). The smallest absolute Gasteiger partial charge is 0.0373 e. The molecule has 0 radical (unpaired) electrons. The van der Waals surface area contributed by atoms with Crippen molar-refractivity contribution >= 4 is 5.69 Å². The molecular weight excluding hydrogens is 184 g/mol. The second-order valence-corrected chi connectivity index (χ2v) is 4.59. The second kappa shape index (κ2) is 4.23. The molecule has 0 amide bonds. The number of benzene rings is 1. The van der Waals surface area contributed by atoms with Crippen LogP contribution in [0.2, 0.25) is 0 Å². The predicted molar refractivity (Wildman–Crippen MR) is 65.2 cm³/mol. The minimum absolute atomic E-state index is 0.726. The monoisotopic (exact) mass is 204 g/mol. The summed E-state index contributed by atoms with van der Waals surface area (Å²) in [5.74, 6) is 0.726. The summed E-state index contributed by atoms with van der Waals surface area (Å²) >= 11 is 0. The molecule has 1 aromatic carbocycles. The van der Waals surface area contributed by atoms with Crippen LogP contribution in [-0.2, 0) is 0 Å². The Hall–Kier alpha value is -1.02. The van der Waals surface area contributed by atoms with E-state index < -0.39 is 0 Å². The van der Waals surface area contributed by atoms with Crippen LogP contribution in [0.25, 0.3) is 0 Å². The average molecular weight is 204 g/mol. The van der Waals surface area contributed by atoms with Gasteiger partial charge < -0.3 is 11.1 Å². The first-order valence-electron chi connectivity index (χ1n) is 5.76. The van der Waals surface area contributed by atoms with Crippen molar-refractivity contribution < 1.29 is 0 Å². The molecule has 1 aliphatic heterocycles. The Bertz CT molecular complexity index is 329. The third-order valence-corrected chi connectivity index (χ3v) is 3.43. The summed E-state index contributed by atoms with van der Waals surface area (Å²) in [7, 11) is 0. The normalized spacial score (nSPS) is 18.0. The third kappa shape index (κ3) is 2.15. The Kier molecular flexibility index (Phi) is 2.96. The highest BCUT2D eigenvalue weighted by Crippen LogP contribution is 2.29. The summed E-state index contributed by atoms with van der Waals surface area (Å²) in [5, 5.41) is 3.40. The van der Waals surface area contributed by atoms with Crippen LogP contribution in [0, 0.1) is 13.8 Å². The highest BCUT2D eigenvalue weighted by molar-refractivity contribution is 5.54. The van der Waals surface area contributed by atoms with E-state index in [1.807, 2.05) is 0 Å². The van der Waals surface area contributed by atoms with Gasteiger partial charge in [0, 0.05) is 5.69 Å². The molecule has 1 heterocycles. The van der Waals surface area contributed by atoms with E-state index in [1.165, 1.54) is 29.5 Å². The van der Waals surface area contributed by atoms with Crippen LogP contribution in [-0.4, -0.2) is 13.1 Å². The van der Waals surface area contributed by atoms with E-state index in [2.05, 4.69) is 31.3 Å². The number of rotatable bonds is 1. The molecule has 0 aromatic heterocycles. The molecule has 2 nitrogen and oxygen atoms in total. The average Bonchev–Trinajstić information content (AvgIpc) is 2.26. The van der Waals surface area contributed by atoms with Crippen LogP contribution < -0.4 is 11.1 Å². The van der Waals surface area contributed by atoms with Gasteiger partial charge in [-0.25, -0.2) is 0 Å². The Labute approximate surface area is 91.9 Å². The van der Waals surface area contributed by atoms with Gasteiger partial charge >= 0.3 is 0 Å². The summed E-state index contributed by atoms with van der Waals surface area (Å²) < 4.78 is 0. The van der Waals surface area contributed by atoms with E-state index in [-0.39, 0.29) is 0 Å². The van der Waals surface area contributed by atoms with E-state index in [1.54, 1.807) is 0 Å². The molecule has 0 saturated carbocycles. The summed E-state index contributed by atoms with van der Waals surface area (Å²) in [6.45, 7) is 6.50. The van der Waals surface area contributed by atoms with Gasteiger partial charge in [-0.15, -0.1) is 0 Å². The van der Waals surface area contributed by atoms with E-state index in [0.717, 1.165) is 24.7 Å². The highest BCUT2D eigenvalue weighted by atomic mass is 14.9. The fourth-order valence-corrected chi connectivity index (χ4v) is 2.40. The minimum atomic E-state index is 0.726. The van der Waals surface area contributed by atoms with Gasteiger partial charge in [-0.1, -0.05) is 12.1 Å². The van der Waals surface area contributed by atoms with Gasteiger partial charge in [0.25, 0.3) is 0 Å². The molecule has 0 spiro atoms. The standard InChI is InChI=1S/C13H20N2/c1-9-7-12(8-10(2)13(9)14)11-3-5-15-6-4-11/h7-8,11,15H,3-6,14H2,1-2H3. The lowest BCUT2D eigenvalue weighted by Gasteiger charge is -2.24. The van der Waals surface area contributed by atoms with Crippen molar-refractivity contribution in [1.29, 1.82) is 0 Å². The molecule has 82 valence electrons. The molecule has 1 fully saturated rings. The lowest BCUT2D eigenvalue weighted by molar-refractivity contribution is 0.460. The topological polar surface area (TPSA) is 38.0 Å². The van der Waals surface area contributed by atoms with Crippen molar-refractivity contribution in [2.45, 2.75) is 32.6 Å². The maximum absolute atomic E-state index is 5.97. The number of hydrogen-bond donors (Lipinski definition) is 2. The van der Waals surface area contributed by atoms with Crippen LogP contribution in [0.5, 0.6) is 0 Å². The summed E-state index contributed by atoms with van der Waals surface area (Å²) in [4.78, 5) is 0. The quantitative estimate of drug-likeness (QED) is 0.689. The molecule has 0 unspecified atom stereocenters. The lowest BCUT2D eigenvalue weighted by atomic mass is 9.88. The highest BCUT2D eigenvalue weighted by Gasteiger charge is 2.16. The van der Waals surface area contributed by atoms with Gasteiger partial charge in [0.2, 0.25) is 0 Å². The Balaban J connectivity index is 2.27. The molecule has 0 atom stereocenters. The first-order chi connectivity index (χ1) is 7.18. The Morgan fingerprint density at radius 3 is 2.20 bits per heavy atom. The molecule has 15 heavy (non-hydrogen) atoms. The molecule has 3 N–H and O–H groups in total. The fraction of sp³-hybridized carbons (Fsp3) is 0.538. The van der Waals surface area contributed by atoms with Crippen LogP contribution in [0.4, 0.5) is 5.69 Å². The van der Waals surface area contributed by atoms with Crippen LogP contribution in [0.1, 0.15) is 35.4 Å². The van der Waals surface area contributed by atoms with Crippen LogP contribution in [0.3, 0.4) is 0 Å². The summed E-state index contributed by atoms with van der Waals surface area (Å²) in [6, 6.07) is 4.52. The van der Waals surface area contributed by atoms with Crippen molar-refractivity contribution in [3.8, 4) is 0 Å². The SMILES string of the molecule is Cc1cc(C2CCNCC2)cc(C)c1N. The maximum atomic E-state index is 5.97. The molecule has 1 aliphatic rings. The van der Waals surface area contributed by atoms with Gasteiger partial charge in [-0.2, -0.15) is 0 Å². The fourth-order valence-electron chi connectivity index (χ4n) is 2.40. The van der Waals surface area contributed by atoms with Crippen LogP contribution >= 0.6 is 0 Å². The van der Waals surface area contributed by atoms with E-state index >= 15 is 0 Å². The molecular formula is C13H20N2. The Morgan fingerprint density at radius 1 is 1.13 bits per heavy atom. The number of aryl methyl sites for hydroxylation is 2. The van der Waals surface area contributed by atoms with Gasteiger partial charge in [0.05, 0.1) is 0 Å². The van der Waals surface area contributed by atoms with E-state index in [0.29, 0.717) is 0 Å². The van der Waals surface area contributed by atoms with E-state index in [9.17, 15) is 0 Å². The van der Waals surface area contributed by atoms with Gasteiger partial charge in [0.15, 0.2) is 0 Å². The second-order valence-electron chi connectivity index (χ2n) is 4.59. The predicted octanol–water partition coefficient (Wildman–Crippen LogP) is 2.35. The molecule has 0 bridgehead atoms. The zero-order chi connectivity index (χ0) is 10.8. The summed E-state index contributed by atoms with van der Waals surface area (Å²) in [5.41, 5.74) is 10.8. The number of hydrogen-bond acceptors (Lipinski definition) is 2. The lowest BCUT2D eigenvalue weighted by Crippen LogP contribution is -2.26. The number of anilines is 1. The number of piperidine rings is 1.